The molecule has 1 aliphatic rings. The van der Waals surface area contributed by atoms with Gasteiger partial charge in [-0.15, -0.1) is 0 Å². The van der Waals surface area contributed by atoms with E-state index in [4.69, 9.17) is 4.98 Å². The third-order valence-corrected chi connectivity index (χ3v) is 5.63. The minimum absolute atomic E-state index is 0.455. The van der Waals surface area contributed by atoms with Gasteiger partial charge in [-0.2, -0.15) is 0 Å². The predicted octanol–water partition coefficient (Wildman–Crippen LogP) is 4.01. The van der Waals surface area contributed by atoms with Crippen LogP contribution in [0.1, 0.15) is 33.4 Å². The Morgan fingerprint density at radius 1 is 1.00 bits per heavy atom. The van der Waals surface area contributed by atoms with Gasteiger partial charge in [0.15, 0.2) is 0 Å². The Balaban J connectivity index is 1.61. The molecule has 20 heavy (non-hydrogen) atoms. The van der Waals surface area contributed by atoms with Crippen LogP contribution in [0.25, 0.3) is 10.9 Å². The smallest absolute Gasteiger partial charge is 0.0705 e. The number of hydrogen-bond donors (Lipinski definition) is 1. The highest BCUT2D eigenvalue weighted by Crippen LogP contribution is 2.67. The third-order valence-electron chi connectivity index (χ3n) is 5.63. The molecule has 1 saturated carbocycles. The van der Waals surface area contributed by atoms with E-state index in [-0.39, 0.29) is 0 Å². The fraction of sp³-hybridized carbons (Fsp3) is 0.500. The Labute approximate surface area is 121 Å². The zero-order chi connectivity index (χ0) is 14.4. The van der Waals surface area contributed by atoms with Gasteiger partial charge in [-0.05, 0) is 35.4 Å². The van der Waals surface area contributed by atoms with Crippen LogP contribution in [-0.4, -0.2) is 11.5 Å². The number of fused-ring (bicyclic) bond motifs is 1. The lowest BCUT2D eigenvalue weighted by atomic mass is 10.0. The Morgan fingerprint density at radius 3 is 2.40 bits per heavy atom. The Kier molecular flexibility index (Phi) is 3.09. The summed E-state index contributed by atoms with van der Waals surface area (Å²) in [4.78, 5) is 4.70. The van der Waals surface area contributed by atoms with E-state index in [1.807, 2.05) is 6.07 Å². The van der Waals surface area contributed by atoms with Gasteiger partial charge in [0.05, 0.1) is 11.2 Å². The highest BCUT2D eigenvalue weighted by Gasteiger charge is 2.63. The molecule has 2 nitrogen and oxygen atoms in total. The molecule has 3 rings (SSSR count). The van der Waals surface area contributed by atoms with Crippen molar-refractivity contribution in [2.45, 2.75) is 34.2 Å². The summed E-state index contributed by atoms with van der Waals surface area (Å²) in [6.45, 7) is 11.4. The monoisotopic (exact) mass is 268 g/mol. The van der Waals surface area contributed by atoms with E-state index in [9.17, 15) is 0 Å². The first-order valence-corrected chi connectivity index (χ1v) is 7.48. The normalized spacial score (nSPS) is 20.2. The number of aromatic nitrogens is 1. The lowest BCUT2D eigenvalue weighted by Crippen LogP contribution is -2.19. The Bertz CT molecular complexity index is 614. The number of benzene rings is 1. The van der Waals surface area contributed by atoms with Crippen molar-refractivity contribution in [1.29, 1.82) is 0 Å². The standard InChI is InChI=1S/C18H24N2/c1-17(2)16(18(17,3)4)12-19-11-14-10-9-13-7-5-6-8-15(13)20-14/h5-10,16,19H,11-12H2,1-4H3. The number of nitrogens with one attached hydrogen (secondary N) is 1. The van der Waals surface area contributed by atoms with Gasteiger partial charge >= 0.3 is 0 Å². The van der Waals surface area contributed by atoms with Gasteiger partial charge in [0.25, 0.3) is 0 Å². The molecule has 0 radical (unpaired) electrons. The van der Waals surface area contributed by atoms with Crippen LogP contribution in [0.3, 0.4) is 0 Å². The second-order valence-corrected chi connectivity index (χ2v) is 7.12. The molecule has 0 amide bonds. The molecule has 1 fully saturated rings. The summed E-state index contributed by atoms with van der Waals surface area (Å²) in [6, 6.07) is 12.6. The van der Waals surface area contributed by atoms with Crippen LogP contribution in [0.5, 0.6) is 0 Å². The number of hydrogen-bond acceptors (Lipinski definition) is 2. The van der Waals surface area contributed by atoms with Gasteiger partial charge in [0, 0.05) is 11.9 Å². The minimum atomic E-state index is 0.455. The molecule has 1 aliphatic carbocycles. The largest absolute Gasteiger partial charge is 0.311 e. The summed E-state index contributed by atoms with van der Waals surface area (Å²) in [5, 5.41) is 4.79. The van der Waals surface area contributed by atoms with E-state index in [1.54, 1.807) is 0 Å². The van der Waals surface area contributed by atoms with Gasteiger partial charge in [-0.3, -0.25) is 4.98 Å². The quantitative estimate of drug-likeness (QED) is 0.906. The Morgan fingerprint density at radius 2 is 1.70 bits per heavy atom. The fourth-order valence-electron chi connectivity index (χ4n) is 3.39. The van der Waals surface area contributed by atoms with E-state index in [1.165, 1.54) is 5.39 Å². The van der Waals surface area contributed by atoms with Crippen LogP contribution in [-0.2, 0) is 6.54 Å². The summed E-state index contributed by atoms with van der Waals surface area (Å²) < 4.78 is 0. The van der Waals surface area contributed by atoms with Gasteiger partial charge in [0.1, 0.15) is 0 Å². The molecule has 0 aliphatic heterocycles. The van der Waals surface area contributed by atoms with Crippen LogP contribution < -0.4 is 5.32 Å². The molecule has 106 valence electrons. The van der Waals surface area contributed by atoms with E-state index in [0.717, 1.165) is 30.2 Å². The first-order valence-electron chi connectivity index (χ1n) is 7.48. The lowest BCUT2D eigenvalue weighted by molar-refractivity contribution is 0.457. The van der Waals surface area contributed by atoms with Crippen molar-refractivity contribution in [1.82, 2.24) is 10.3 Å². The summed E-state index contributed by atoms with van der Waals surface area (Å²) in [7, 11) is 0. The zero-order valence-electron chi connectivity index (χ0n) is 12.9. The highest BCUT2D eigenvalue weighted by molar-refractivity contribution is 5.78. The number of pyridine rings is 1. The van der Waals surface area contributed by atoms with E-state index >= 15 is 0 Å². The van der Waals surface area contributed by atoms with Crippen molar-refractivity contribution in [2.75, 3.05) is 6.54 Å². The van der Waals surface area contributed by atoms with E-state index in [2.05, 4.69) is 63.3 Å². The van der Waals surface area contributed by atoms with Gasteiger partial charge in [-0.25, -0.2) is 0 Å². The average Bonchev–Trinajstić information content (AvgIpc) is 2.81. The van der Waals surface area contributed by atoms with Gasteiger partial charge < -0.3 is 5.32 Å². The summed E-state index contributed by atoms with van der Waals surface area (Å²) >= 11 is 0. The molecular formula is C18H24N2. The number of rotatable bonds is 4. The van der Waals surface area contributed by atoms with Crippen molar-refractivity contribution in [2.24, 2.45) is 16.7 Å². The third kappa shape index (κ3) is 2.12. The Hall–Kier alpha value is -1.41. The second kappa shape index (κ2) is 4.56. The summed E-state index contributed by atoms with van der Waals surface area (Å²) in [5.74, 6) is 0.760. The maximum Gasteiger partial charge on any atom is 0.0705 e. The van der Waals surface area contributed by atoms with Crippen molar-refractivity contribution in [3.05, 3.63) is 42.1 Å². The van der Waals surface area contributed by atoms with Crippen molar-refractivity contribution in [3.63, 3.8) is 0 Å². The molecule has 0 saturated heterocycles. The van der Waals surface area contributed by atoms with Crippen LogP contribution in [0.15, 0.2) is 36.4 Å². The zero-order valence-corrected chi connectivity index (χ0v) is 12.9. The second-order valence-electron chi connectivity index (χ2n) is 7.12. The molecule has 1 heterocycles. The molecule has 2 aromatic rings. The molecule has 0 spiro atoms. The van der Waals surface area contributed by atoms with Crippen molar-refractivity contribution >= 4 is 10.9 Å². The minimum Gasteiger partial charge on any atom is -0.311 e. The topological polar surface area (TPSA) is 24.9 Å². The van der Waals surface area contributed by atoms with Crippen LogP contribution >= 0.6 is 0 Å². The van der Waals surface area contributed by atoms with Crippen LogP contribution in [0.2, 0.25) is 0 Å². The molecule has 1 aromatic carbocycles. The first kappa shape index (κ1) is 13.6. The molecule has 2 heteroatoms. The van der Waals surface area contributed by atoms with Crippen molar-refractivity contribution < 1.29 is 0 Å². The highest BCUT2D eigenvalue weighted by atomic mass is 14.9. The number of para-hydroxylation sites is 1. The van der Waals surface area contributed by atoms with E-state index in [0.29, 0.717) is 10.8 Å². The lowest BCUT2D eigenvalue weighted by Gasteiger charge is -2.06. The summed E-state index contributed by atoms with van der Waals surface area (Å²) in [5.41, 5.74) is 3.12. The molecule has 0 bridgehead atoms. The summed E-state index contributed by atoms with van der Waals surface area (Å²) in [6.07, 6.45) is 0. The average molecular weight is 268 g/mol. The predicted molar refractivity (Wildman–Crippen MR) is 84.5 cm³/mol. The van der Waals surface area contributed by atoms with Crippen LogP contribution in [0, 0.1) is 16.7 Å². The number of nitrogens with zero attached hydrogens (tertiary/aromatic N) is 1. The van der Waals surface area contributed by atoms with Crippen LogP contribution in [0.4, 0.5) is 0 Å². The molecule has 0 atom stereocenters. The molecule has 1 aromatic heterocycles. The maximum atomic E-state index is 4.70. The first-order chi connectivity index (χ1) is 9.43. The van der Waals surface area contributed by atoms with Gasteiger partial charge in [-0.1, -0.05) is 52.0 Å². The van der Waals surface area contributed by atoms with Crippen molar-refractivity contribution in [3.8, 4) is 0 Å². The molecule has 1 N–H and O–H groups in total. The van der Waals surface area contributed by atoms with E-state index < -0.39 is 0 Å². The maximum absolute atomic E-state index is 4.70. The molecular weight excluding hydrogens is 244 g/mol. The molecule has 0 unspecified atom stereocenters. The SMILES string of the molecule is CC1(C)C(CNCc2ccc3ccccc3n2)C1(C)C. The fourth-order valence-corrected chi connectivity index (χ4v) is 3.39. The van der Waals surface area contributed by atoms with Gasteiger partial charge in [0.2, 0.25) is 0 Å².